The molecule has 2 saturated carbocycles. The average Bonchev–Trinajstić information content (AvgIpc) is 3.17. The highest BCUT2D eigenvalue weighted by Gasteiger charge is 2.44. The predicted molar refractivity (Wildman–Crippen MR) is 81.9 cm³/mol. The smallest absolute Gasteiger partial charge is 0.0614 e. The molecule has 3 unspecified atom stereocenters. The minimum atomic E-state index is 0.0247. The van der Waals surface area contributed by atoms with Crippen LogP contribution in [-0.2, 0) is 0 Å². The molecule has 4 heteroatoms. The molecule has 0 aromatic carbocycles. The summed E-state index contributed by atoms with van der Waals surface area (Å²) in [4.78, 5) is 5.20. The van der Waals surface area contributed by atoms with Gasteiger partial charge in [-0.2, -0.15) is 0 Å². The van der Waals surface area contributed by atoms with E-state index in [-0.39, 0.29) is 5.54 Å². The van der Waals surface area contributed by atoms with Crippen LogP contribution < -0.4 is 5.32 Å². The highest BCUT2D eigenvalue weighted by atomic mass is 16.3. The third kappa shape index (κ3) is 3.03. The Morgan fingerprint density at radius 3 is 2.70 bits per heavy atom. The number of aliphatic hydroxyl groups is 1. The van der Waals surface area contributed by atoms with Gasteiger partial charge >= 0.3 is 0 Å². The van der Waals surface area contributed by atoms with Gasteiger partial charge in [0, 0.05) is 43.3 Å². The molecule has 2 N–H and O–H groups in total. The van der Waals surface area contributed by atoms with Gasteiger partial charge in [-0.25, -0.2) is 0 Å². The predicted octanol–water partition coefficient (Wildman–Crippen LogP) is 1.05. The Morgan fingerprint density at radius 1 is 1.25 bits per heavy atom. The van der Waals surface area contributed by atoms with E-state index in [2.05, 4.69) is 29.1 Å². The second kappa shape index (κ2) is 5.91. The van der Waals surface area contributed by atoms with Crippen molar-refractivity contribution in [3.05, 3.63) is 0 Å². The summed E-state index contributed by atoms with van der Waals surface area (Å²) in [7, 11) is 2.26. The molecular weight excluding hydrogens is 250 g/mol. The van der Waals surface area contributed by atoms with Gasteiger partial charge in [-0.1, -0.05) is 6.92 Å². The summed E-state index contributed by atoms with van der Waals surface area (Å²) in [6.45, 7) is 6.21. The van der Waals surface area contributed by atoms with Crippen LogP contribution in [0.4, 0.5) is 0 Å². The molecule has 1 saturated heterocycles. The van der Waals surface area contributed by atoms with Gasteiger partial charge in [0.05, 0.1) is 6.61 Å². The molecule has 0 bridgehead atoms. The molecule has 0 spiro atoms. The van der Waals surface area contributed by atoms with E-state index in [1.165, 1.54) is 45.3 Å². The standard InChI is InChI=1S/C16H31N3O/c1-3-14-11-19(9-8-18(14)2)15-6-7-16(10-15,12-20)17-13-4-5-13/h13-15,17,20H,3-12H2,1-2H3. The second-order valence-electron chi connectivity index (χ2n) is 7.29. The number of rotatable bonds is 5. The van der Waals surface area contributed by atoms with Gasteiger partial charge < -0.3 is 15.3 Å². The Hall–Kier alpha value is -0.160. The summed E-state index contributed by atoms with van der Waals surface area (Å²) in [5, 5.41) is 13.6. The molecule has 1 heterocycles. The molecule has 3 aliphatic rings. The zero-order chi connectivity index (χ0) is 14.2. The van der Waals surface area contributed by atoms with Gasteiger partial charge in [-0.05, 0) is 45.6 Å². The zero-order valence-corrected chi connectivity index (χ0v) is 13.1. The van der Waals surface area contributed by atoms with E-state index in [9.17, 15) is 5.11 Å². The lowest BCUT2D eigenvalue weighted by Crippen LogP contribution is -2.55. The fourth-order valence-electron chi connectivity index (χ4n) is 4.13. The number of aliphatic hydroxyl groups excluding tert-OH is 1. The zero-order valence-electron chi connectivity index (χ0n) is 13.1. The third-order valence-electron chi connectivity index (χ3n) is 5.77. The Kier molecular flexibility index (Phi) is 4.37. The number of nitrogens with zero attached hydrogens (tertiary/aromatic N) is 2. The molecule has 1 aliphatic heterocycles. The lowest BCUT2D eigenvalue weighted by molar-refractivity contribution is 0.0582. The number of hydrogen-bond acceptors (Lipinski definition) is 4. The summed E-state index contributed by atoms with van der Waals surface area (Å²) in [6.07, 6.45) is 7.39. The normalized spacial score (nSPS) is 40.4. The summed E-state index contributed by atoms with van der Waals surface area (Å²) in [5.74, 6) is 0. The van der Waals surface area contributed by atoms with E-state index in [1.54, 1.807) is 0 Å². The Bertz CT molecular complexity index is 334. The monoisotopic (exact) mass is 281 g/mol. The van der Waals surface area contributed by atoms with Crippen LogP contribution in [0.15, 0.2) is 0 Å². The van der Waals surface area contributed by atoms with Gasteiger partial charge in [-0.3, -0.25) is 4.90 Å². The molecule has 2 aliphatic carbocycles. The second-order valence-corrected chi connectivity index (χ2v) is 7.29. The number of hydrogen-bond donors (Lipinski definition) is 2. The Morgan fingerprint density at radius 2 is 2.05 bits per heavy atom. The first kappa shape index (κ1) is 14.8. The minimum absolute atomic E-state index is 0.0247. The highest BCUT2D eigenvalue weighted by molar-refractivity contribution is 5.03. The van der Waals surface area contributed by atoms with Crippen molar-refractivity contribution in [2.45, 2.75) is 69.1 Å². The van der Waals surface area contributed by atoms with Gasteiger partial charge in [0.1, 0.15) is 0 Å². The van der Waals surface area contributed by atoms with Gasteiger partial charge in [-0.15, -0.1) is 0 Å². The topological polar surface area (TPSA) is 38.7 Å². The Labute approximate surface area is 123 Å². The minimum Gasteiger partial charge on any atom is -0.394 e. The van der Waals surface area contributed by atoms with Crippen molar-refractivity contribution in [2.75, 3.05) is 33.3 Å². The molecule has 4 nitrogen and oxygen atoms in total. The maximum absolute atomic E-state index is 9.86. The average molecular weight is 281 g/mol. The van der Waals surface area contributed by atoms with Gasteiger partial charge in [0.25, 0.3) is 0 Å². The first-order chi connectivity index (χ1) is 9.65. The molecule has 0 aromatic heterocycles. The molecule has 20 heavy (non-hydrogen) atoms. The van der Waals surface area contributed by atoms with Crippen molar-refractivity contribution in [3.8, 4) is 0 Å². The molecule has 0 radical (unpaired) electrons. The summed E-state index contributed by atoms with van der Waals surface area (Å²) >= 11 is 0. The van der Waals surface area contributed by atoms with Crippen LogP contribution in [0.25, 0.3) is 0 Å². The summed E-state index contributed by atoms with van der Waals surface area (Å²) in [5.41, 5.74) is 0.0247. The fourth-order valence-corrected chi connectivity index (χ4v) is 4.13. The molecule has 3 fully saturated rings. The van der Waals surface area contributed by atoms with Crippen LogP contribution in [0.1, 0.15) is 45.4 Å². The maximum atomic E-state index is 9.86. The molecule has 3 atom stereocenters. The van der Waals surface area contributed by atoms with Crippen molar-refractivity contribution in [2.24, 2.45) is 0 Å². The van der Waals surface area contributed by atoms with Crippen molar-refractivity contribution in [1.82, 2.24) is 15.1 Å². The van der Waals surface area contributed by atoms with E-state index in [0.29, 0.717) is 24.7 Å². The quantitative estimate of drug-likeness (QED) is 0.790. The van der Waals surface area contributed by atoms with E-state index in [0.717, 1.165) is 12.8 Å². The molecular formula is C16H31N3O. The molecule has 3 rings (SSSR count). The fraction of sp³-hybridized carbons (Fsp3) is 1.00. The van der Waals surface area contributed by atoms with Crippen molar-refractivity contribution >= 4 is 0 Å². The number of nitrogens with one attached hydrogen (secondary N) is 1. The first-order valence-electron chi connectivity index (χ1n) is 8.48. The Balaban J connectivity index is 1.58. The molecule has 0 amide bonds. The van der Waals surface area contributed by atoms with Crippen LogP contribution >= 0.6 is 0 Å². The van der Waals surface area contributed by atoms with Gasteiger partial charge in [0.15, 0.2) is 0 Å². The summed E-state index contributed by atoms with van der Waals surface area (Å²) < 4.78 is 0. The van der Waals surface area contributed by atoms with E-state index in [1.807, 2.05) is 0 Å². The van der Waals surface area contributed by atoms with Crippen LogP contribution in [0, 0.1) is 0 Å². The van der Waals surface area contributed by atoms with Crippen LogP contribution in [0.5, 0.6) is 0 Å². The highest BCUT2D eigenvalue weighted by Crippen LogP contribution is 2.36. The number of likely N-dealkylation sites (N-methyl/N-ethyl adjacent to an activating group) is 1. The first-order valence-corrected chi connectivity index (χ1v) is 8.48. The van der Waals surface area contributed by atoms with Crippen molar-refractivity contribution < 1.29 is 5.11 Å². The van der Waals surface area contributed by atoms with Crippen LogP contribution in [0.3, 0.4) is 0 Å². The van der Waals surface area contributed by atoms with Crippen molar-refractivity contribution in [1.29, 1.82) is 0 Å². The number of piperazine rings is 1. The van der Waals surface area contributed by atoms with Crippen LogP contribution in [0.2, 0.25) is 0 Å². The SMILES string of the molecule is CCC1CN(C2CCC(CO)(NC3CC3)C2)CCN1C. The van der Waals surface area contributed by atoms with E-state index in [4.69, 9.17) is 0 Å². The van der Waals surface area contributed by atoms with Crippen molar-refractivity contribution in [3.63, 3.8) is 0 Å². The maximum Gasteiger partial charge on any atom is 0.0614 e. The molecule has 116 valence electrons. The lowest BCUT2D eigenvalue weighted by atomic mass is 9.97. The van der Waals surface area contributed by atoms with E-state index >= 15 is 0 Å². The third-order valence-corrected chi connectivity index (χ3v) is 5.77. The largest absolute Gasteiger partial charge is 0.394 e. The summed E-state index contributed by atoms with van der Waals surface area (Å²) in [6, 6.07) is 2.08. The lowest BCUT2D eigenvalue weighted by Gasteiger charge is -2.42. The molecule has 0 aromatic rings. The van der Waals surface area contributed by atoms with E-state index < -0.39 is 0 Å². The van der Waals surface area contributed by atoms with Gasteiger partial charge in [0.2, 0.25) is 0 Å². The van der Waals surface area contributed by atoms with Crippen LogP contribution in [-0.4, -0.2) is 71.9 Å².